The summed E-state index contributed by atoms with van der Waals surface area (Å²) in [5, 5.41) is 0.747. The van der Waals surface area contributed by atoms with Crippen LogP contribution in [0.2, 0.25) is 5.02 Å². The molecule has 0 unspecified atom stereocenters. The standard InChI is InChI=1S/C20H24ClNO3/c1-23-19-4-2-3-17(15-16-5-7-18(21)8-6-16)20(19)25-14-11-22-9-12-24-13-10-22/h2-8H,9-15H2,1H3. The van der Waals surface area contributed by atoms with Crippen LogP contribution in [0.25, 0.3) is 0 Å². The van der Waals surface area contributed by atoms with Crippen molar-refractivity contribution in [2.75, 3.05) is 46.6 Å². The van der Waals surface area contributed by atoms with Crippen LogP contribution >= 0.6 is 11.6 Å². The summed E-state index contributed by atoms with van der Waals surface area (Å²) in [7, 11) is 1.68. The third-order valence-corrected chi connectivity index (χ3v) is 4.60. The van der Waals surface area contributed by atoms with Crippen LogP contribution in [0.15, 0.2) is 42.5 Å². The molecule has 1 aliphatic rings. The number of nitrogens with zero attached hydrogens (tertiary/aromatic N) is 1. The molecule has 0 atom stereocenters. The van der Waals surface area contributed by atoms with Gasteiger partial charge in [-0.05, 0) is 23.8 Å². The van der Waals surface area contributed by atoms with Crippen LogP contribution in [0.5, 0.6) is 11.5 Å². The van der Waals surface area contributed by atoms with Gasteiger partial charge < -0.3 is 14.2 Å². The lowest BCUT2D eigenvalue weighted by Gasteiger charge is -2.26. The first-order chi connectivity index (χ1) is 12.3. The Balaban J connectivity index is 1.68. The quantitative estimate of drug-likeness (QED) is 0.753. The van der Waals surface area contributed by atoms with E-state index in [9.17, 15) is 0 Å². The van der Waals surface area contributed by atoms with Crippen LogP contribution in [0, 0.1) is 0 Å². The molecule has 0 amide bonds. The lowest BCUT2D eigenvalue weighted by molar-refractivity contribution is 0.0320. The SMILES string of the molecule is COc1cccc(Cc2ccc(Cl)cc2)c1OCCN1CCOCC1. The van der Waals surface area contributed by atoms with Gasteiger partial charge in [0.25, 0.3) is 0 Å². The van der Waals surface area contributed by atoms with Crippen LogP contribution in [-0.2, 0) is 11.2 Å². The Morgan fingerprint density at radius 2 is 1.84 bits per heavy atom. The molecular formula is C20H24ClNO3. The zero-order chi connectivity index (χ0) is 17.5. The van der Waals surface area contributed by atoms with Gasteiger partial charge >= 0.3 is 0 Å². The van der Waals surface area contributed by atoms with E-state index in [1.807, 2.05) is 36.4 Å². The zero-order valence-electron chi connectivity index (χ0n) is 14.5. The normalized spacial score (nSPS) is 15.1. The van der Waals surface area contributed by atoms with Crippen molar-refractivity contribution >= 4 is 11.6 Å². The molecule has 0 aliphatic carbocycles. The lowest BCUT2D eigenvalue weighted by Crippen LogP contribution is -2.38. The maximum Gasteiger partial charge on any atom is 0.164 e. The van der Waals surface area contributed by atoms with E-state index in [0.717, 1.165) is 61.4 Å². The van der Waals surface area contributed by atoms with Gasteiger partial charge in [-0.25, -0.2) is 0 Å². The zero-order valence-corrected chi connectivity index (χ0v) is 15.3. The summed E-state index contributed by atoms with van der Waals surface area (Å²) in [5.41, 5.74) is 2.30. The molecule has 25 heavy (non-hydrogen) atoms. The third-order valence-electron chi connectivity index (χ3n) is 4.35. The van der Waals surface area contributed by atoms with Crippen molar-refractivity contribution < 1.29 is 14.2 Å². The molecule has 0 bridgehead atoms. The van der Waals surface area contributed by atoms with Crippen LogP contribution in [0.1, 0.15) is 11.1 Å². The fourth-order valence-corrected chi connectivity index (χ4v) is 3.07. The molecule has 3 rings (SSSR count). The highest BCUT2D eigenvalue weighted by Gasteiger charge is 2.14. The number of ether oxygens (including phenoxy) is 3. The Morgan fingerprint density at radius 3 is 2.56 bits per heavy atom. The minimum atomic E-state index is 0.633. The Labute approximate surface area is 154 Å². The largest absolute Gasteiger partial charge is 0.493 e. The van der Waals surface area contributed by atoms with Crippen molar-refractivity contribution in [1.82, 2.24) is 4.90 Å². The van der Waals surface area contributed by atoms with Gasteiger partial charge in [-0.2, -0.15) is 0 Å². The molecule has 1 aliphatic heterocycles. The minimum absolute atomic E-state index is 0.633. The molecule has 1 heterocycles. The molecule has 1 saturated heterocycles. The second-order valence-corrected chi connectivity index (χ2v) is 6.49. The smallest absolute Gasteiger partial charge is 0.164 e. The highest BCUT2D eigenvalue weighted by molar-refractivity contribution is 6.30. The van der Waals surface area contributed by atoms with Crippen LogP contribution in [-0.4, -0.2) is 51.5 Å². The molecule has 5 heteroatoms. The third kappa shape index (κ3) is 5.11. The van der Waals surface area contributed by atoms with Crippen molar-refractivity contribution in [3.05, 3.63) is 58.6 Å². The first-order valence-electron chi connectivity index (χ1n) is 8.59. The summed E-state index contributed by atoms with van der Waals surface area (Å²) in [6.07, 6.45) is 0.779. The van der Waals surface area contributed by atoms with Crippen LogP contribution in [0.3, 0.4) is 0 Å². The van der Waals surface area contributed by atoms with E-state index in [4.69, 9.17) is 25.8 Å². The van der Waals surface area contributed by atoms with Gasteiger partial charge in [-0.3, -0.25) is 4.90 Å². The Kier molecular flexibility index (Phi) is 6.56. The number of hydrogen-bond donors (Lipinski definition) is 0. The van der Waals surface area contributed by atoms with Gasteiger partial charge in [0.1, 0.15) is 6.61 Å². The molecule has 134 valence electrons. The van der Waals surface area contributed by atoms with E-state index in [1.165, 1.54) is 5.56 Å². The van der Waals surface area contributed by atoms with Gasteiger partial charge in [0, 0.05) is 36.6 Å². The summed E-state index contributed by atoms with van der Waals surface area (Å²) in [5.74, 6) is 1.60. The molecule has 0 spiro atoms. The lowest BCUT2D eigenvalue weighted by atomic mass is 10.0. The second kappa shape index (κ2) is 9.09. The number of methoxy groups -OCH3 is 1. The predicted molar refractivity (Wildman–Crippen MR) is 100 cm³/mol. The molecule has 2 aromatic rings. The van der Waals surface area contributed by atoms with E-state index in [1.54, 1.807) is 7.11 Å². The number of hydrogen-bond acceptors (Lipinski definition) is 4. The fraction of sp³-hybridized carbons (Fsp3) is 0.400. The van der Waals surface area contributed by atoms with Gasteiger partial charge in [-0.15, -0.1) is 0 Å². The summed E-state index contributed by atoms with van der Waals surface area (Å²) in [4.78, 5) is 2.36. The van der Waals surface area contributed by atoms with E-state index in [2.05, 4.69) is 11.0 Å². The molecule has 0 radical (unpaired) electrons. The topological polar surface area (TPSA) is 30.9 Å². The average molecular weight is 362 g/mol. The summed E-state index contributed by atoms with van der Waals surface area (Å²) in [6.45, 7) is 5.06. The summed E-state index contributed by atoms with van der Waals surface area (Å²) in [6, 6.07) is 13.9. The highest BCUT2D eigenvalue weighted by atomic mass is 35.5. The van der Waals surface area contributed by atoms with Crippen molar-refractivity contribution in [1.29, 1.82) is 0 Å². The van der Waals surface area contributed by atoms with Crippen molar-refractivity contribution in [3.63, 3.8) is 0 Å². The molecule has 4 nitrogen and oxygen atoms in total. The maximum atomic E-state index is 6.12. The van der Waals surface area contributed by atoms with Gasteiger partial charge in [-0.1, -0.05) is 35.9 Å². The number of para-hydroxylation sites is 1. The monoisotopic (exact) mass is 361 g/mol. The molecule has 1 fully saturated rings. The molecular weight excluding hydrogens is 338 g/mol. The summed E-state index contributed by atoms with van der Waals surface area (Å²) >= 11 is 5.98. The first-order valence-corrected chi connectivity index (χ1v) is 8.97. The number of morpholine rings is 1. The van der Waals surface area contributed by atoms with Crippen LogP contribution in [0.4, 0.5) is 0 Å². The first kappa shape index (κ1) is 18.1. The Hall–Kier alpha value is -1.75. The van der Waals surface area contributed by atoms with Crippen molar-refractivity contribution in [3.8, 4) is 11.5 Å². The highest BCUT2D eigenvalue weighted by Crippen LogP contribution is 2.32. The molecule has 2 aromatic carbocycles. The minimum Gasteiger partial charge on any atom is -0.493 e. The molecule has 0 N–H and O–H groups in total. The van der Waals surface area contributed by atoms with Gasteiger partial charge in [0.05, 0.1) is 20.3 Å². The van der Waals surface area contributed by atoms with E-state index in [0.29, 0.717) is 6.61 Å². The second-order valence-electron chi connectivity index (χ2n) is 6.05. The molecule has 0 aromatic heterocycles. The molecule has 0 saturated carbocycles. The average Bonchev–Trinajstić information content (AvgIpc) is 2.65. The van der Waals surface area contributed by atoms with Crippen LogP contribution < -0.4 is 9.47 Å². The maximum absolute atomic E-state index is 6.12. The number of benzene rings is 2. The van der Waals surface area contributed by atoms with E-state index in [-0.39, 0.29) is 0 Å². The summed E-state index contributed by atoms with van der Waals surface area (Å²) < 4.78 is 17.0. The van der Waals surface area contributed by atoms with E-state index >= 15 is 0 Å². The Bertz CT molecular complexity index is 669. The van der Waals surface area contributed by atoms with Crippen molar-refractivity contribution in [2.24, 2.45) is 0 Å². The predicted octanol–water partition coefficient (Wildman–Crippen LogP) is 3.65. The number of halogens is 1. The number of rotatable bonds is 7. The fourth-order valence-electron chi connectivity index (χ4n) is 2.95. The van der Waals surface area contributed by atoms with Crippen molar-refractivity contribution in [2.45, 2.75) is 6.42 Å². The van der Waals surface area contributed by atoms with E-state index < -0.39 is 0 Å². The van der Waals surface area contributed by atoms with Gasteiger partial charge in [0.2, 0.25) is 0 Å². The van der Waals surface area contributed by atoms with Gasteiger partial charge in [0.15, 0.2) is 11.5 Å². The Morgan fingerprint density at radius 1 is 1.08 bits per heavy atom.